The number of nitrogens with zero attached hydrogens (tertiary/aromatic N) is 1. The quantitative estimate of drug-likeness (QED) is 0.611. The average Bonchev–Trinajstić information content (AvgIpc) is 2.96. The molecule has 2 atom stereocenters. The molecule has 22 heavy (non-hydrogen) atoms. The molecule has 0 spiro atoms. The predicted octanol–water partition coefficient (Wildman–Crippen LogP) is -1.21. The molecule has 1 saturated carbocycles. The summed E-state index contributed by atoms with van der Waals surface area (Å²) in [6.07, 6.45) is 4.82. The van der Waals surface area contributed by atoms with Crippen LogP contribution >= 0.6 is 11.8 Å². The molecule has 2 aliphatic rings. The molecule has 1 aliphatic heterocycles. The Hall–Kier alpha value is -0.313. The van der Waals surface area contributed by atoms with E-state index < -0.39 is 23.7 Å². The normalized spacial score (nSPS) is 25.9. The van der Waals surface area contributed by atoms with Gasteiger partial charge < -0.3 is 14.6 Å². The van der Waals surface area contributed by atoms with Crippen LogP contribution in [0.2, 0.25) is 0 Å². The van der Waals surface area contributed by atoms with Crippen LogP contribution in [0.4, 0.5) is 4.79 Å². The second-order valence-electron chi connectivity index (χ2n) is 6.87. The molecule has 0 radical (unpaired) electrons. The summed E-state index contributed by atoms with van der Waals surface area (Å²) in [7, 11) is 0. The molecule has 120 valence electrons. The first-order chi connectivity index (χ1) is 9.76. The maximum absolute atomic E-state index is 12.2. The number of hydrogen-bond donors (Lipinski definition) is 0. The molecule has 0 N–H and O–H groups in total. The SMILES string of the molecule is CC(C)(C)OC(=O)N1C[C@H](SC2CCCC2)C[C@H]1C(=O)[O-].[Li+]. The summed E-state index contributed by atoms with van der Waals surface area (Å²) in [4.78, 5) is 24.8. The standard InChI is InChI=1S/C15H25NO4S.Li/c1-15(2,3)20-14(19)16-9-11(8-12(16)13(17)18)21-10-6-4-5-7-10;/h10-12H,4-9H2,1-3H3,(H,17,18);/q;+1/p-1/t11-,12+;/m1./s1. The van der Waals surface area contributed by atoms with Crippen LogP contribution in [0.5, 0.6) is 0 Å². The predicted molar refractivity (Wildman–Crippen MR) is 80.0 cm³/mol. The van der Waals surface area contributed by atoms with Gasteiger partial charge in [0.25, 0.3) is 0 Å². The fourth-order valence-electron chi connectivity index (χ4n) is 2.94. The summed E-state index contributed by atoms with van der Waals surface area (Å²) < 4.78 is 5.31. The monoisotopic (exact) mass is 321 g/mol. The van der Waals surface area contributed by atoms with E-state index >= 15 is 0 Å². The van der Waals surface area contributed by atoms with Crippen molar-refractivity contribution in [2.45, 2.75) is 75.0 Å². The van der Waals surface area contributed by atoms with Gasteiger partial charge in [0.1, 0.15) is 5.60 Å². The van der Waals surface area contributed by atoms with Crippen molar-refractivity contribution in [1.82, 2.24) is 4.90 Å². The number of carbonyl (C=O) groups excluding carboxylic acids is 2. The third-order valence-electron chi connectivity index (χ3n) is 3.85. The van der Waals surface area contributed by atoms with Crippen LogP contribution in [0.15, 0.2) is 0 Å². The molecular formula is C15H24LiNO4S. The smallest absolute Gasteiger partial charge is 0.548 e. The largest absolute Gasteiger partial charge is 1.00 e. The zero-order valence-electron chi connectivity index (χ0n) is 14.0. The van der Waals surface area contributed by atoms with Crippen LogP contribution in [-0.4, -0.2) is 45.6 Å². The topological polar surface area (TPSA) is 69.7 Å². The number of ether oxygens (including phenoxy) is 1. The van der Waals surface area contributed by atoms with E-state index in [0.29, 0.717) is 18.2 Å². The third-order valence-corrected chi connectivity index (χ3v) is 5.43. The van der Waals surface area contributed by atoms with Gasteiger partial charge in [0.2, 0.25) is 0 Å². The van der Waals surface area contributed by atoms with Gasteiger partial charge in [0, 0.05) is 17.0 Å². The van der Waals surface area contributed by atoms with E-state index in [4.69, 9.17) is 4.74 Å². The summed E-state index contributed by atoms with van der Waals surface area (Å²) >= 11 is 1.83. The Balaban J connectivity index is 0.00000242. The van der Waals surface area contributed by atoms with E-state index in [9.17, 15) is 14.7 Å². The molecule has 0 bridgehead atoms. The molecule has 0 aromatic carbocycles. The Morgan fingerprint density at radius 3 is 2.27 bits per heavy atom. The zero-order chi connectivity index (χ0) is 15.6. The molecule has 1 heterocycles. The minimum absolute atomic E-state index is 0. The minimum Gasteiger partial charge on any atom is -0.548 e. The maximum Gasteiger partial charge on any atom is 1.00 e. The van der Waals surface area contributed by atoms with Gasteiger partial charge in [0.05, 0.1) is 12.0 Å². The van der Waals surface area contributed by atoms with E-state index in [1.165, 1.54) is 30.6 Å². The first-order valence-corrected chi connectivity index (χ1v) is 8.56. The number of carboxylic acid groups (broad SMARTS) is 1. The zero-order valence-corrected chi connectivity index (χ0v) is 14.8. The van der Waals surface area contributed by atoms with E-state index in [1.807, 2.05) is 11.8 Å². The van der Waals surface area contributed by atoms with Crippen LogP contribution in [0, 0.1) is 0 Å². The second kappa shape index (κ2) is 7.99. The van der Waals surface area contributed by atoms with Crippen molar-refractivity contribution >= 4 is 23.8 Å². The van der Waals surface area contributed by atoms with Crippen molar-refractivity contribution < 1.29 is 38.3 Å². The number of amides is 1. The second-order valence-corrected chi connectivity index (χ2v) is 8.47. The van der Waals surface area contributed by atoms with Crippen molar-refractivity contribution in [3.8, 4) is 0 Å². The Labute approximate surface area is 148 Å². The molecule has 0 aromatic heterocycles. The number of hydrogen-bond acceptors (Lipinski definition) is 5. The van der Waals surface area contributed by atoms with Gasteiger partial charge in [0.15, 0.2) is 0 Å². The molecule has 2 rings (SSSR count). The van der Waals surface area contributed by atoms with Gasteiger partial charge >= 0.3 is 25.0 Å². The number of likely N-dealkylation sites (tertiary alicyclic amines) is 1. The van der Waals surface area contributed by atoms with Crippen molar-refractivity contribution in [2.24, 2.45) is 0 Å². The third kappa shape index (κ3) is 5.40. The summed E-state index contributed by atoms with van der Waals surface area (Å²) in [5.41, 5.74) is -0.621. The number of thioether (sulfide) groups is 1. The van der Waals surface area contributed by atoms with Gasteiger partial charge in [-0.15, -0.1) is 0 Å². The van der Waals surface area contributed by atoms with E-state index in [-0.39, 0.29) is 24.1 Å². The molecule has 0 unspecified atom stereocenters. The molecule has 7 heteroatoms. The fraction of sp³-hybridized carbons (Fsp3) is 0.867. The molecule has 1 aliphatic carbocycles. The Morgan fingerprint density at radius 2 is 1.77 bits per heavy atom. The van der Waals surface area contributed by atoms with Gasteiger partial charge in [-0.3, -0.25) is 4.90 Å². The summed E-state index contributed by atoms with van der Waals surface area (Å²) in [5, 5.41) is 12.1. The van der Waals surface area contributed by atoms with Crippen LogP contribution < -0.4 is 24.0 Å². The van der Waals surface area contributed by atoms with Gasteiger partial charge in [-0.2, -0.15) is 11.8 Å². The Kier molecular flexibility index (Phi) is 7.16. The molecule has 0 aromatic rings. The summed E-state index contributed by atoms with van der Waals surface area (Å²) in [5.74, 6) is -1.18. The van der Waals surface area contributed by atoms with E-state index in [1.54, 1.807) is 20.8 Å². The Bertz CT molecular complexity index is 407. The number of rotatable bonds is 3. The average molecular weight is 321 g/mol. The molecule has 1 amide bonds. The van der Waals surface area contributed by atoms with Crippen LogP contribution in [0.25, 0.3) is 0 Å². The maximum atomic E-state index is 12.2. The summed E-state index contributed by atoms with van der Waals surface area (Å²) in [6, 6.07) is -0.862. The first kappa shape index (κ1) is 19.7. The molecular weight excluding hydrogens is 297 g/mol. The van der Waals surface area contributed by atoms with E-state index in [2.05, 4.69) is 0 Å². The Morgan fingerprint density at radius 1 is 1.18 bits per heavy atom. The number of carboxylic acids is 1. The number of carbonyl (C=O) groups is 2. The van der Waals surface area contributed by atoms with E-state index in [0.717, 1.165) is 0 Å². The van der Waals surface area contributed by atoms with Crippen molar-refractivity contribution in [1.29, 1.82) is 0 Å². The first-order valence-electron chi connectivity index (χ1n) is 7.62. The van der Waals surface area contributed by atoms with Gasteiger partial charge in [-0.05, 0) is 40.0 Å². The fourth-order valence-corrected chi connectivity index (χ4v) is 4.63. The van der Waals surface area contributed by atoms with Gasteiger partial charge in [-0.25, -0.2) is 4.79 Å². The number of aliphatic carboxylic acids is 1. The van der Waals surface area contributed by atoms with Crippen molar-refractivity contribution in [3.05, 3.63) is 0 Å². The molecule has 2 fully saturated rings. The minimum atomic E-state index is -1.18. The van der Waals surface area contributed by atoms with Crippen molar-refractivity contribution in [2.75, 3.05) is 6.54 Å². The van der Waals surface area contributed by atoms with Crippen LogP contribution in [0.3, 0.4) is 0 Å². The van der Waals surface area contributed by atoms with Crippen LogP contribution in [0.1, 0.15) is 52.9 Å². The molecule has 5 nitrogen and oxygen atoms in total. The van der Waals surface area contributed by atoms with Gasteiger partial charge in [-0.1, -0.05) is 12.8 Å². The summed E-state index contributed by atoms with van der Waals surface area (Å²) in [6.45, 7) is 5.77. The molecule has 1 saturated heterocycles. The van der Waals surface area contributed by atoms with Crippen molar-refractivity contribution in [3.63, 3.8) is 0 Å². The van der Waals surface area contributed by atoms with Crippen LogP contribution in [-0.2, 0) is 9.53 Å².